The molecule has 0 saturated carbocycles. The minimum absolute atomic E-state index is 0.145. The smallest absolute Gasteiger partial charge is 0.303 e. The number of carboxylic acids is 1. The van der Waals surface area contributed by atoms with Crippen LogP contribution in [0.2, 0.25) is 0 Å². The molecule has 2 aromatic rings. The first-order chi connectivity index (χ1) is 16.6. The van der Waals surface area contributed by atoms with E-state index in [1.54, 1.807) is 0 Å². The second-order valence-corrected chi connectivity index (χ2v) is 8.66. The molecule has 0 unspecified atom stereocenters. The van der Waals surface area contributed by atoms with E-state index in [4.69, 9.17) is 19.3 Å². The van der Waals surface area contributed by atoms with Gasteiger partial charge < -0.3 is 19.3 Å². The Kier molecular flexibility index (Phi) is 10.3. The highest BCUT2D eigenvalue weighted by Gasteiger charge is 2.23. The molecule has 0 bridgehead atoms. The molecule has 1 aliphatic heterocycles. The van der Waals surface area contributed by atoms with Crippen molar-refractivity contribution < 1.29 is 28.9 Å². The van der Waals surface area contributed by atoms with Crippen LogP contribution in [0.5, 0.6) is 17.2 Å². The van der Waals surface area contributed by atoms with Crippen molar-refractivity contribution in [1.82, 2.24) is 0 Å². The summed E-state index contributed by atoms with van der Waals surface area (Å²) in [6.45, 7) is 3.81. The molecule has 0 fully saturated rings. The van der Waals surface area contributed by atoms with Crippen LogP contribution in [0.15, 0.2) is 36.4 Å². The minimum atomic E-state index is -0.745. The Morgan fingerprint density at radius 2 is 1.71 bits per heavy atom. The van der Waals surface area contributed by atoms with Crippen LogP contribution in [0.4, 0.5) is 0 Å². The number of hydrogen-bond donors (Lipinski definition) is 1. The number of ketones is 1. The van der Waals surface area contributed by atoms with Gasteiger partial charge in [-0.05, 0) is 68.7 Å². The van der Waals surface area contributed by atoms with Gasteiger partial charge in [-0.15, -0.1) is 0 Å². The fourth-order valence-corrected chi connectivity index (χ4v) is 4.18. The number of aliphatic carboxylic acids is 1. The zero-order valence-corrected chi connectivity index (χ0v) is 20.1. The fourth-order valence-electron chi connectivity index (χ4n) is 4.18. The highest BCUT2D eigenvalue weighted by atomic mass is 16.5. The standard InChI is InChI=1S/C28H36O6/c1-2-10-23-26(16-15-22-24(29)17-20-34-28(22)23)33-19-9-3-8-18-32-25-13-6-4-11-21(25)12-5-7-14-27(30)31/h4,6,11,13,15-16H,2-3,5,7-10,12,14,17-20H2,1H3,(H,30,31). The van der Waals surface area contributed by atoms with Gasteiger partial charge in [0, 0.05) is 18.4 Å². The van der Waals surface area contributed by atoms with Crippen molar-refractivity contribution in [1.29, 1.82) is 0 Å². The van der Waals surface area contributed by atoms with Gasteiger partial charge in [0.15, 0.2) is 5.78 Å². The normalized spacial score (nSPS) is 12.7. The Hall–Kier alpha value is -3.02. The summed E-state index contributed by atoms with van der Waals surface area (Å²) in [6.07, 6.45) is 7.62. The largest absolute Gasteiger partial charge is 0.493 e. The molecule has 34 heavy (non-hydrogen) atoms. The van der Waals surface area contributed by atoms with Crippen LogP contribution in [-0.4, -0.2) is 36.7 Å². The SMILES string of the molecule is CCCc1c(OCCCCCOc2ccccc2CCCCC(=O)O)ccc2c1OCCC2=O. The fraction of sp³-hybridized carbons (Fsp3) is 0.500. The van der Waals surface area contributed by atoms with Crippen LogP contribution in [-0.2, 0) is 17.6 Å². The highest BCUT2D eigenvalue weighted by molar-refractivity contribution is 6.00. The van der Waals surface area contributed by atoms with E-state index < -0.39 is 5.97 Å². The maximum atomic E-state index is 12.2. The number of ether oxygens (including phenoxy) is 3. The van der Waals surface area contributed by atoms with Crippen LogP contribution < -0.4 is 14.2 Å². The number of carbonyl (C=O) groups excluding carboxylic acids is 1. The number of hydrogen-bond acceptors (Lipinski definition) is 5. The third kappa shape index (κ3) is 7.51. The molecule has 6 heteroatoms. The lowest BCUT2D eigenvalue weighted by Gasteiger charge is -2.22. The van der Waals surface area contributed by atoms with Gasteiger partial charge in [-0.25, -0.2) is 0 Å². The lowest BCUT2D eigenvalue weighted by atomic mass is 9.98. The molecule has 6 nitrogen and oxygen atoms in total. The van der Waals surface area contributed by atoms with Crippen LogP contribution in [0.3, 0.4) is 0 Å². The van der Waals surface area contributed by atoms with Gasteiger partial charge in [0.05, 0.1) is 25.4 Å². The predicted octanol–water partition coefficient (Wildman–Crippen LogP) is 6.03. The second kappa shape index (κ2) is 13.6. The third-order valence-electron chi connectivity index (χ3n) is 5.96. The molecule has 184 valence electrons. The van der Waals surface area contributed by atoms with E-state index in [1.165, 1.54) is 0 Å². The van der Waals surface area contributed by atoms with Crippen LogP contribution in [0, 0.1) is 0 Å². The Bertz CT molecular complexity index is 952. The number of rotatable bonds is 15. The zero-order chi connectivity index (χ0) is 24.2. The van der Waals surface area contributed by atoms with Gasteiger partial charge in [-0.3, -0.25) is 9.59 Å². The molecule has 0 saturated heterocycles. The summed E-state index contributed by atoms with van der Waals surface area (Å²) in [6, 6.07) is 11.7. The lowest BCUT2D eigenvalue weighted by molar-refractivity contribution is -0.137. The van der Waals surface area contributed by atoms with E-state index in [1.807, 2.05) is 36.4 Å². The number of Topliss-reactive ketones (excluding diaryl/α,β-unsaturated/α-hetero) is 1. The summed E-state index contributed by atoms with van der Waals surface area (Å²) in [7, 11) is 0. The first-order valence-corrected chi connectivity index (χ1v) is 12.5. The number of carbonyl (C=O) groups is 2. The van der Waals surface area contributed by atoms with Crippen molar-refractivity contribution in [3.63, 3.8) is 0 Å². The summed E-state index contributed by atoms with van der Waals surface area (Å²) >= 11 is 0. The first kappa shape index (κ1) is 25.6. The molecular weight excluding hydrogens is 432 g/mol. The predicted molar refractivity (Wildman–Crippen MR) is 131 cm³/mol. The summed E-state index contributed by atoms with van der Waals surface area (Å²) in [5, 5.41) is 8.78. The van der Waals surface area contributed by atoms with Crippen molar-refractivity contribution in [2.45, 2.75) is 71.1 Å². The van der Waals surface area contributed by atoms with Gasteiger partial charge >= 0.3 is 5.97 Å². The molecule has 0 radical (unpaired) electrons. The van der Waals surface area contributed by atoms with Gasteiger partial charge in [0.1, 0.15) is 17.2 Å². The molecule has 0 aliphatic carbocycles. The molecule has 0 spiro atoms. The zero-order valence-electron chi connectivity index (χ0n) is 20.1. The summed E-state index contributed by atoms with van der Waals surface area (Å²) in [5.41, 5.74) is 2.82. The summed E-state index contributed by atoms with van der Waals surface area (Å²) in [4.78, 5) is 22.8. The monoisotopic (exact) mass is 468 g/mol. The number of benzene rings is 2. The van der Waals surface area contributed by atoms with Crippen molar-refractivity contribution in [3.05, 3.63) is 53.1 Å². The van der Waals surface area contributed by atoms with Crippen molar-refractivity contribution in [3.8, 4) is 17.2 Å². The Balaban J connectivity index is 1.39. The van der Waals surface area contributed by atoms with Crippen LogP contribution >= 0.6 is 0 Å². The van der Waals surface area contributed by atoms with Crippen LogP contribution in [0.1, 0.15) is 79.8 Å². The molecule has 1 aliphatic rings. The quantitative estimate of drug-likeness (QED) is 0.321. The molecule has 0 atom stereocenters. The topological polar surface area (TPSA) is 82.1 Å². The molecule has 3 rings (SSSR count). The van der Waals surface area contributed by atoms with Crippen molar-refractivity contribution >= 4 is 11.8 Å². The second-order valence-electron chi connectivity index (χ2n) is 8.66. The van der Waals surface area contributed by atoms with E-state index in [0.29, 0.717) is 44.0 Å². The van der Waals surface area contributed by atoms with Gasteiger partial charge in [-0.2, -0.15) is 0 Å². The Labute approximate surface area is 202 Å². The van der Waals surface area contributed by atoms with Crippen LogP contribution in [0.25, 0.3) is 0 Å². The van der Waals surface area contributed by atoms with Crippen molar-refractivity contribution in [2.75, 3.05) is 19.8 Å². The number of aryl methyl sites for hydroxylation is 1. The number of fused-ring (bicyclic) bond motifs is 1. The average Bonchev–Trinajstić information content (AvgIpc) is 2.83. The molecule has 1 N–H and O–H groups in total. The average molecular weight is 469 g/mol. The first-order valence-electron chi connectivity index (χ1n) is 12.5. The minimum Gasteiger partial charge on any atom is -0.493 e. The van der Waals surface area contributed by atoms with E-state index >= 15 is 0 Å². The molecule has 2 aromatic carbocycles. The number of carboxylic acid groups (broad SMARTS) is 1. The van der Waals surface area contributed by atoms with E-state index in [2.05, 4.69) is 6.92 Å². The molecule has 0 aromatic heterocycles. The van der Waals surface area contributed by atoms with Gasteiger partial charge in [0.2, 0.25) is 0 Å². The molecule has 1 heterocycles. The Morgan fingerprint density at radius 1 is 0.941 bits per heavy atom. The summed E-state index contributed by atoms with van der Waals surface area (Å²) < 4.78 is 17.9. The third-order valence-corrected chi connectivity index (χ3v) is 5.96. The lowest BCUT2D eigenvalue weighted by Crippen LogP contribution is -2.17. The van der Waals surface area contributed by atoms with Gasteiger partial charge in [0.25, 0.3) is 0 Å². The maximum absolute atomic E-state index is 12.2. The number of unbranched alkanes of at least 4 members (excludes halogenated alkanes) is 3. The highest BCUT2D eigenvalue weighted by Crippen LogP contribution is 2.36. The summed E-state index contributed by atoms with van der Waals surface area (Å²) in [5.74, 6) is 1.83. The number of para-hydroxylation sites is 1. The Morgan fingerprint density at radius 3 is 2.47 bits per heavy atom. The van der Waals surface area contributed by atoms with E-state index in [0.717, 1.165) is 67.6 Å². The van der Waals surface area contributed by atoms with E-state index in [-0.39, 0.29) is 12.2 Å². The maximum Gasteiger partial charge on any atom is 0.303 e. The van der Waals surface area contributed by atoms with Gasteiger partial charge in [-0.1, -0.05) is 31.5 Å². The van der Waals surface area contributed by atoms with Crippen molar-refractivity contribution in [2.24, 2.45) is 0 Å². The van der Waals surface area contributed by atoms with E-state index in [9.17, 15) is 9.59 Å². The molecule has 0 amide bonds. The molecular formula is C28H36O6.